The number of amides is 3. The molecule has 0 spiro atoms. The molecule has 7 heteroatoms. The van der Waals surface area contributed by atoms with Gasteiger partial charge in [0.2, 0.25) is 11.8 Å². The van der Waals surface area contributed by atoms with Gasteiger partial charge in [-0.05, 0) is 39.2 Å². The van der Waals surface area contributed by atoms with Crippen LogP contribution in [0.4, 0.5) is 4.79 Å². The highest BCUT2D eigenvalue weighted by atomic mass is 16.6. The highest BCUT2D eigenvalue weighted by Crippen LogP contribution is 2.25. The predicted molar refractivity (Wildman–Crippen MR) is 107 cm³/mol. The number of likely N-dealkylation sites (tertiary alicyclic amines) is 1. The van der Waals surface area contributed by atoms with Crippen LogP contribution < -0.4 is 11.1 Å². The Hall–Kier alpha value is -2.57. The van der Waals surface area contributed by atoms with Crippen molar-refractivity contribution in [3.63, 3.8) is 0 Å². The lowest BCUT2D eigenvalue weighted by atomic mass is 9.91. The van der Waals surface area contributed by atoms with Crippen molar-refractivity contribution in [2.45, 2.75) is 70.6 Å². The third-order valence-electron chi connectivity index (χ3n) is 4.93. The number of nitrogens with two attached hydrogens (primary N) is 1. The van der Waals surface area contributed by atoms with E-state index in [2.05, 4.69) is 5.32 Å². The number of alkyl carbamates (subject to hydrolysis) is 1. The number of hydrogen-bond donors (Lipinski definition) is 2. The number of carbonyl (C=O) groups is 3. The maximum Gasteiger partial charge on any atom is 0.407 e. The van der Waals surface area contributed by atoms with Gasteiger partial charge in [0.05, 0.1) is 0 Å². The molecule has 7 nitrogen and oxygen atoms in total. The molecule has 1 aromatic carbocycles. The van der Waals surface area contributed by atoms with E-state index < -0.39 is 29.7 Å². The van der Waals surface area contributed by atoms with Crippen molar-refractivity contribution in [2.75, 3.05) is 6.54 Å². The molecule has 1 aliphatic rings. The average Bonchev–Trinajstić information content (AvgIpc) is 3.10. The third kappa shape index (κ3) is 5.97. The summed E-state index contributed by atoms with van der Waals surface area (Å²) in [6.45, 7) is 7.82. The average molecular weight is 389 g/mol. The van der Waals surface area contributed by atoms with E-state index in [1.54, 1.807) is 20.8 Å². The number of hydrogen-bond acceptors (Lipinski definition) is 4. The van der Waals surface area contributed by atoms with Crippen LogP contribution in [0.5, 0.6) is 0 Å². The summed E-state index contributed by atoms with van der Waals surface area (Å²) in [5.41, 5.74) is 5.80. The summed E-state index contributed by atoms with van der Waals surface area (Å²) >= 11 is 0. The second-order valence-electron chi connectivity index (χ2n) is 8.30. The van der Waals surface area contributed by atoms with E-state index in [-0.39, 0.29) is 18.2 Å². The van der Waals surface area contributed by atoms with Gasteiger partial charge < -0.3 is 20.7 Å². The van der Waals surface area contributed by atoms with Crippen LogP contribution in [0.25, 0.3) is 0 Å². The van der Waals surface area contributed by atoms with E-state index >= 15 is 0 Å². The fourth-order valence-electron chi connectivity index (χ4n) is 3.47. The van der Waals surface area contributed by atoms with Gasteiger partial charge in [-0.25, -0.2) is 4.79 Å². The molecular formula is C21H31N3O4. The number of benzene rings is 1. The van der Waals surface area contributed by atoms with Crippen molar-refractivity contribution in [1.82, 2.24) is 10.2 Å². The Morgan fingerprint density at radius 3 is 2.46 bits per heavy atom. The molecule has 0 radical (unpaired) electrons. The van der Waals surface area contributed by atoms with Gasteiger partial charge >= 0.3 is 6.09 Å². The van der Waals surface area contributed by atoms with Crippen molar-refractivity contribution in [3.8, 4) is 0 Å². The first-order valence-corrected chi connectivity index (χ1v) is 9.71. The monoisotopic (exact) mass is 389 g/mol. The van der Waals surface area contributed by atoms with Gasteiger partial charge in [-0.1, -0.05) is 37.3 Å². The van der Waals surface area contributed by atoms with Gasteiger partial charge in [0.25, 0.3) is 0 Å². The molecule has 154 valence electrons. The summed E-state index contributed by atoms with van der Waals surface area (Å²) in [5.74, 6) is -0.795. The van der Waals surface area contributed by atoms with Crippen molar-refractivity contribution in [1.29, 1.82) is 0 Å². The number of rotatable bonds is 6. The molecule has 28 heavy (non-hydrogen) atoms. The van der Waals surface area contributed by atoms with E-state index in [1.807, 2.05) is 37.3 Å². The normalized spacial score (nSPS) is 19.0. The molecule has 3 N–H and O–H groups in total. The molecule has 3 atom stereocenters. The summed E-state index contributed by atoms with van der Waals surface area (Å²) in [6, 6.07) is 8.63. The topological polar surface area (TPSA) is 102 Å². The lowest BCUT2D eigenvalue weighted by Gasteiger charge is -2.30. The Morgan fingerprint density at radius 2 is 1.89 bits per heavy atom. The minimum atomic E-state index is -0.638. The van der Waals surface area contributed by atoms with Crippen LogP contribution in [0.15, 0.2) is 30.3 Å². The molecule has 0 saturated carbocycles. The first-order valence-electron chi connectivity index (χ1n) is 9.71. The zero-order valence-corrected chi connectivity index (χ0v) is 17.1. The smallest absolute Gasteiger partial charge is 0.407 e. The zero-order valence-electron chi connectivity index (χ0n) is 17.1. The summed E-state index contributed by atoms with van der Waals surface area (Å²) < 4.78 is 5.37. The quantitative estimate of drug-likeness (QED) is 0.780. The summed E-state index contributed by atoms with van der Waals surface area (Å²) in [5, 5.41) is 2.85. The van der Waals surface area contributed by atoms with Gasteiger partial charge in [0.15, 0.2) is 0 Å². The van der Waals surface area contributed by atoms with Crippen LogP contribution in [0.1, 0.15) is 58.4 Å². The third-order valence-corrected chi connectivity index (χ3v) is 4.93. The van der Waals surface area contributed by atoms with Crippen molar-refractivity contribution < 1.29 is 19.1 Å². The van der Waals surface area contributed by atoms with Crippen molar-refractivity contribution in [3.05, 3.63) is 35.9 Å². The Morgan fingerprint density at radius 1 is 1.25 bits per heavy atom. The number of primary amides is 1. The van der Waals surface area contributed by atoms with Crippen LogP contribution in [0, 0.1) is 0 Å². The molecule has 1 aliphatic heterocycles. The lowest BCUT2D eigenvalue weighted by molar-refractivity contribution is -0.137. The number of ether oxygens (including phenoxy) is 1. The molecule has 2 rings (SSSR count). The van der Waals surface area contributed by atoms with Crippen LogP contribution in [0.3, 0.4) is 0 Å². The highest BCUT2D eigenvalue weighted by molar-refractivity contribution is 5.87. The maximum atomic E-state index is 12.9. The zero-order chi connectivity index (χ0) is 20.9. The lowest BCUT2D eigenvalue weighted by Crippen LogP contribution is -2.48. The molecule has 1 aromatic rings. The fourth-order valence-corrected chi connectivity index (χ4v) is 3.47. The van der Waals surface area contributed by atoms with Gasteiger partial charge in [-0.3, -0.25) is 9.59 Å². The van der Waals surface area contributed by atoms with E-state index in [9.17, 15) is 14.4 Å². The van der Waals surface area contributed by atoms with Crippen LogP contribution >= 0.6 is 0 Å². The fraction of sp³-hybridized carbons (Fsp3) is 0.571. The molecular weight excluding hydrogens is 358 g/mol. The summed E-state index contributed by atoms with van der Waals surface area (Å²) in [6.07, 6.45) is 0.831. The van der Waals surface area contributed by atoms with Crippen LogP contribution in [-0.4, -0.2) is 47.0 Å². The Labute approximate surface area is 166 Å². The van der Waals surface area contributed by atoms with Crippen molar-refractivity contribution >= 4 is 17.9 Å². The predicted octanol–water partition coefficient (Wildman–Crippen LogP) is 2.55. The van der Waals surface area contributed by atoms with Crippen molar-refractivity contribution in [2.24, 2.45) is 5.73 Å². The highest BCUT2D eigenvalue weighted by Gasteiger charge is 2.35. The molecule has 0 aliphatic carbocycles. The second kappa shape index (κ2) is 9.08. The second-order valence-corrected chi connectivity index (χ2v) is 8.30. The molecule has 1 fully saturated rings. The van der Waals surface area contributed by atoms with Gasteiger partial charge in [-0.15, -0.1) is 0 Å². The Bertz CT molecular complexity index is 699. The van der Waals surface area contributed by atoms with Gasteiger partial charge in [-0.2, -0.15) is 0 Å². The minimum Gasteiger partial charge on any atom is -0.444 e. The largest absolute Gasteiger partial charge is 0.444 e. The van der Waals surface area contributed by atoms with E-state index in [4.69, 9.17) is 10.5 Å². The molecule has 1 saturated heterocycles. The molecule has 0 bridgehead atoms. The summed E-state index contributed by atoms with van der Waals surface area (Å²) in [7, 11) is 0. The Kier molecular flexibility index (Phi) is 7.05. The number of carbonyl (C=O) groups excluding carboxylic acids is 3. The van der Waals surface area contributed by atoms with Gasteiger partial charge in [0.1, 0.15) is 11.6 Å². The number of nitrogens with zero attached hydrogens (tertiary/aromatic N) is 1. The molecule has 0 aromatic heterocycles. The first kappa shape index (κ1) is 21.7. The van der Waals surface area contributed by atoms with E-state index in [1.165, 1.54) is 4.90 Å². The van der Waals surface area contributed by atoms with Crippen LogP contribution in [-0.2, 0) is 14.3 Å². The molecule has 3 amide bonds. The number of nitrogens with one attached hydrogen (secondary N) is 1. The standard InChI is InChI=1S/C21H31N3O4/c1-14(15-9-6-5-7-10-15)16(23-20(27)28-21(2,3)4)13-18(25)24-12-8-11-17(24)19(22)26/h5-7,9-10,14,16-17H,8,11-13H2,1-4H3,(H2,22,26)(H,23,27)/t14?,16-,17-/m0/s1. The Balaban J connectivity index is 2.16. The SMILES string of the molecule is CC(c1ccccc1)[C@H](CC(=O)N1CCC[C@H]1C(N)=O)NC(=O)OC(C)(C)C. The summed E-state index contributed by atoms with van der Waals surface area (Å²) in [4.78, 5) is 38.4. The molecule has 1 unspecified atom stereocenters. The van der Waals surface area contributed by atoms with Gasteiger partial charge in [0, 0.05) is 24.9 Å². The first-order chi connectivity index (χ1) is 13.1. The van der Waals surface area contributed by atoms with E-state index in [0.717, 1.165) is 12.0 Å². The maximum absolute atomic E-state index is 12.9. The van der Waals surface area contributed by atoms with Crippen LogP contribution in [0.2, 0.25) is 0 Å². The minimum absolute atomic E-state index is 0.0685. The molecule has 1 heterocycles. The van der Waals surface area contributed by atoms with E-state index in [0.29, 0.717) is 13.0 Å².